The van der Waals surface area contributed by atoms with Crippen LogP contribution in [-0.2, 0) is 28.9 Å². The summed E-state index contributed by atoms with van der Waals surface area (Å²) in [6, 6.07) is 8.13. The summed E-state index contributed by atoms with van der Waals surface area (Å²) in [7, 11) is 2.17. The van der Waals surface area contributed by atoms with Crippen molar-refractivity contribution < 1.29 is 9.53 Å². The van der Waals surface area contributed by atoms with Gasteiger partial charge >= 0.3 is 0 Å². The molecule has 1 amide bonds. The number of ether oxygens (including phenoxy) is 1. The second-order valence-electron chi connectivity index (χ2n) is 8.51. The summed E-state index contributed by atoms with van der Waals surface area (Å²) >= 11 is 0. The first-order valence-corrected chi connectivity index (χ1v) is 10.7. The van der Waals surface area contributed by atoms with Crippen molar-refractivity contribution in [2.45, 2.75) is 44.2 Å². The number of likely N-dealkylation sites (N-methyl/N-ethyl adjacent to an activating group) is 1. The number of piperidine rings is 1. The molecule has 0 saturated carbocycles. The van der Waals surface area contributed by atoms with Gasteiger partial charge in [0.1, 0.15) is 5.82 Å². The van der Waals surface area contributed by atoms with Crippen molar-refractivity contribution in [1.29, 1.82) is 0 Å². The third-order valence-electron chi connectivity index (χ3n) is 6.47. The normalized spacial score (nSPS) is 24.7. The van der Waals surface area contributed by atoms with Crippen molar-refractivity contribution >= 4 is 5.91 Å². The zero-order chi connectivity index (χ0) is 19.8. The molecule has 0 bridgehead atoms. The number of carbonyl (C=O) groups is 1. The Hall–Kier alpha value is -2.31. The Labute approximate surface area is 171 Å². The molecule has 0 unspecified atom stereocenters. The van der Waals surface area contributed by atoms with E-state index in [9.17, 15) is 4.79 Å². The van der Waals surface area contributed by atoms with Gasteiger partial charge in [-0.1, -0.05) is 24.3 Å². The number of amides is 1. The first-order valence-electron chi connectivity index (χ1n) is 10.7. The highest BCUT2D eigenvalue weighted by molar-refractivity contribution is 5.83. The molecule has 0 spiro atoms. The zero-order valence-corrected chi connectivity index (χ0v) is 17.0. The van der Waals surface area contributed by atoms with Gasteiger partial charge in [0.15, 0.2) is 6.10 Å². The summed E-state index contributed by atoms with van der Waals surface area (Å²) in [5.41, 5.74) is 4.42. The van der Waals surface area contributed by atoms with E-state index in [0.29, 0.717) is 25.6 Å². The second-order valence-corrected chi connectivity index (χ2v) is 8.51. The van der Waals surface area contributed by atoms with Crippen LogP contribution in [-0.4, -0.2) is 59.0 Å². The Morgan fingerprint density at radius 1 is 1.17 bits per heavy atom. The number of aromatic nitrogens is 2. The van der Waals surface area contributed by atoms with Gasteiger partial charge < -0.3 is 14.5 Å². The van der Waals surface area contributed by atoms with E-state index in [1.54, 1.807) is 0 Å². The maximum absolute atomic E-state index is 13.2. The van der Waals surface area contributed by atoms with E-state index in [4.69, 9.17) is 9.72 Å². The van der Waals surface area contributed by atoms with E-state index in [1.807, 2.05) is 29.3 Å². The average molecular weight is 393 g/mol. The van der Waals surface area contributed by atoms with Crippen LogP contribution in [0.5, 0.6) is 0 Å². The summed E-state index contributed by atoms with van der Waals surface area (Å²) < 4.78 is 5.89. The fourth-order valence-corrected chi connectivity index (χ4v) is 4.86. The van der Waals surface area contributed by atoms with Gasteiger partial charge in [-0.2, -0.15) is 0 Å². The number of nitrogens with zero attached hydrogens (tertiary/aromatic N) is 4. The van der Waals surface area contributed by atoms with Crippen molar-refractivity contribution in [3.63, 3.8) is 0 Å². The quantitative estimate of drug-likeness (QED) is 0.786. The van der Waals surface area contributed by atoms with Crippen LogP contribution in [0.1, 0.15) is 53.1 Å². The maximum atomic E-state index is 13.2. The lowest BCUT2D eigenvalue weighted by Crippen LogP contribution is -2.41. The summed E-state index contributed by atoms with van der Waals surface area (Å²) in [4.78, 5) is 27.1. The molecule has 0 N–H and O–H groups in total. The molecule has 1 aromatic heterocycles. The van der Waals surface area contributed by atoms with Gasteiger partial charge in [-0.3, -0.25) is 4.79 Å². The second kappa shape index (κ2) is 7.84. The van der Waals surface area contributed by atoms with Crippen LogP contribution in [0.15, 0.2) is 30.5 Å². The molecule has 5 rings (SSSR count). The van der Waals surface area contributed by atoms with E-state index < -0.39 is 6.10 Å². The van der Waals surface area contributed by atoms with Crippen molar-refractivity contribution in [1.82, 2.24) is 19.8 Å². The number of hydrogen-bond donors (Lipinski definition) is 0. The van der Waals surface area contributed by atoms with E-state index >= 15 is 0 Å². The Bertz CT molecular complexity index is 916. The molecule has 2 atom stereocenters. The first-order chi connectivity index (χ1) is 14.2. The highest BCUT2D eigenvalue weighted by Crippen LogP contribution is 2.31. The highest BCUT2D eigenvalue weighted by atomic mass is 16.5. The van der Waals surface area contributed by atoms with Crippen LogP contribution in [0.3, 0.4) is 0 Å². The zero-order valence-electron chi connectivity index (χ0n) is 17.0. The minimum atomic E-state index is -0.487. The van der Waals surface area contributed by atoms with E-state index in [0.717, 1.165) is 55.0 Å². The summed E-state index contributed by atoms with van der Waals surface area (Å²) in [5, 5.41) is 0. The predicted octanol–water partition coefficient (Wildman–Crippen LogP) is 2.48. The molecular formula is C23H28N4O2. The van der Waals surface area contributed by atoms with Gasteiger partial charge in [-0.05, 0) is 44.0 Å². The Morgan fingerprint density at radius 2 is 2.07 bits per heavy atom. The number of benzene rings is 1. The molecule has 1 aromatic carbocycles. The Morgan fingerprint density at radius 3 is 2.97 bits per heavy atom. The van der Waals surface area contributed by atoms with Crippen LogP contribution >= 0.6 is 0 Å². The van der Waals surface area contributed by atoms with Gasteiger partial charge in [-0.15, -0.1) is 0 Å². The smallest absolute Gasteiger partial charge is 0.256 e. The SMILES string of the molecule is CN1CCC[C@H](c2ncc3c(n2)CCN(C(=O)[C@@H]2OCCc4ccccc42)C3)C1. The van der Waals surface area contributed by atoms with Gasteiger partial charge in [0, 0.05) is 43.7 Å². The fourth-order valence-electron chi connectivity index (χ4n) is 4.86. The van der Waals surface area contributed by atoms with Gasteiger partial charge in [0.05, 0.1) is 12.3 Å². The molecule has 152 valence electrons. The molecule has 0 radical (unpaired) electrons. The summed E-state index contributed by atoms with van der Waals surface area (Å²) in [6.07, 6.45) is 5.48. The lowest BCUT2D eigenvalue weighted by atomic mass is 9.95. The van der Waals surface area contributed by atoms with Crippen LogP contribution in [0, 0.1) is 0 Å². The molecule has 2 aromatic rings. The minimum absolute atomic E-state index is 0.0563. The topological polar surface area (TPSA) is 58.6 Å². The highest BCUT2D eigenvalue weighted by Gasteiger charge is 2.33. The lowest BCUT2D eigenvalue weighted by molar-refractivity contribution is -0.146. The number of likely N-dealkylation sites (tertiary alicyclic amines) is 1. The van der Waals surface area contributed by atoms with Crippen molar-refractivity contribution in [2.24, 2.45) is 0 Å². The molecule has 1 saturated heterocycles. The van der Waals surface area contributed by atoms with Crippen molar-refractivity contribution in [2.75, 3.05) is 33.3 Å². The summed E-state index contributed by atoms with van der Waals surface area (Å²) in [5.74, 6) is 1.45. The largest absolute Gasteiger partial charge is 0.363 e. The molecule has 1 fully saturated rings. The lowest BCUT2D eigenvalue weighted by Gasteiger charge is -2.34. The molecular weight excluding hydrogens is 364 g/mol. The Kier molecular flexibility index (Phi) is 5.06. The van der Waals surface area contributed by atoms with Gasteiger partial charge in [-0.25, -0.2) is 9.97 Å². The maximum Gasteiger partial charge on any atom is 0.256 e. The molecule has 0 aliphatic carbocycles. The van der Waals surface area contributed by atoms with E-state index in [1.165, 1.54) is 12.0 Å². The van der Waals surface area contributed by atoms with Crippen LogP contribution < -0.4 is 0 Å². The third-order valence-corrected chi connectivity index (χ3v) is 6.47. The molecule has 3 aliphatic rings. The van der Waals surface area contributed by atoms with Crippen molar-refractivity contribution in [3.8, 4) is 0 Å². The average Bonchev–Trinajstić information content (AvgIpc) is 2.77. The minimum Gasteiger partial charge on any atom is -0.363 e. The Balaban J connectivity index is 1.32. The number of rotatable bonds is 2. The van der Waals surface area contributed by atoms with Crippen LogP contribution in [0.4, 0.5) is 0 Å². The number of carbonyl (C=O) groups excluding carboxylic acids is 1. The fraction of sp³-hybridized carbons (Fsp3) is 0.522. The molecule has 4 heterocycles. The third kappa shape index (κ3) is 3.67. The first kappa shape index (κ1) is 18.7. The van der Waals surface area contributed by atoms with E-state index in [-0.39, 0.29) is 5.91 Å². The van der Waals surface area contributed by atoms with Crippen LogP contribution in [0.2, 0.25) is 0 Å². The van der Waals surface area contributed by atoms with Crippen LogP contribution in [0.25, 0.3) is 0 Å². The molecule has 6 nitrogen and oxygen atoms in total. The molecule has 29 heavy (non-hydrogen) atoms. The monoisotopic (exact) mass is 392 g/mol. The van der Waals surface area contributed by atoms with E-state index in [2.05, 4.69) is 23.0 Å². The molecule has 3 aliphatic heterocycles. The predicted molar refractivity (Wildman–Crippen MR) is 109 cm³/mol. The molecule has 6 heteroatoms. The number of hydrogen-bond acceptors (Lipinski definition) is 5. The standard InChI is InChI=1S/C23H28N4O2/c1-26-10-4-6-17(14-26)22-24-13-18-15-27(11-8-20(18)25-22)23(28)21-19-7-3-2-5-16(19)9-12-29-21/h2-3,5,7,13,17,21H,4,6,8-12,14-15H2,1H3/t17-,21+/m0/s1. The number of fused-ring (bicyclic) bond motifs is 2. The summed E-state index contributed by atoms with van der Waals surface area (Å²) in [6.45, 7) is 4.04. The van der Waals surface area contributed by atoms with Crippen molar-refractivity contribution in [3.05, 3.63) is 58.7 Å². The van der Waals surface area contributed by atoms with Gasteiger partial charge in [0.2, 0.25) is 0 Å². The van der Waals surface area contributed by atoms with Gasteiger partial charge in [0.25, 0.3) is 5.91 Å².